The Morgan fingerprint density at radius 1 is 1.67 bits per heavy atom. The standard InChI is InChI=1S/C11H18N2O.In/c1-3-9(2)7-11(14)13-6-4-5-10(13)8-12;/h9-10H,3-7H2,1-2H3;/t9?,10-;/m0./s1. The third-order valence-corrected chi connectivity index (χ3v) is 2.94. The molecule has 1 aliphatic rings. The first-order chi connectivity index (χ1) is 6.69. The molecule has 2 atom stereocenters. The van der Waals surface area contributed by atoms with Gasteiger partial charge < -0.3 is 4.90 Å². The first-order valence-electron chi connectivity index (χ1n) is 5.38. The predicted molar refractivity (Wildman–Crippen MR) is 60.2 cm³/mol. The van der Waals surface area contributed by atoms with Crippen molar-refractivity contribution in [1.82, 2.24) is 4.90 Å². The maximum absolute atomic E-state index is 11.8. The third-order valence-electron chi connectivity index (χ3n) is 2.94. The van der Waals surface area contributed by atoms with E-state index in [1.807, 2.05) is 0 Å². The molecule has 1 saturated heterocycles. The number of amides is 1. The molecule has 1 amide bonds. The molecule has 15 heavy (non-hydrogen) atoms. The smallest absolute Gasteiger partial charge is 0.223 e. The number of likely N-dealkylation sites (tertiary alicyclic amines) is 1. The van der Waals surface area contributed by atoms with Crippen LogP contribution < -0.4 is 0 Å². The monoisotopic (exact) mass is 309 g/mol. The van der Waals surface area contributed by atoms with Crippen molar-refractivity contribution in [2.75, 3.05) is 6.54 Å². The molecule has 0 aliphatic carbocycles. The molecule has 1 unspecified atom stereocenters. The fourth-order valence-electron chi connectivity index (χ4n) is 1.76. The van der Waals surface area contributed by atoms with E-state index in [2.05, 4.69) is 19.9 Å². The summed E-state index contributed by atoms with van der Waals surface area (Å²) in [7, 11) is 0. The molecule has 3 radical (unpaired) electrons. The summed E-state index contributed by atoms with van der Waals surface area (Å²) >= 11 is 0. The topological polar surface area (TPSA) is 44.1 Å². The zero-order valence-electron chi connectivity index (χ0n) is 9.57. The maximum Gasteiger partial charge on any atom is 0.223 e. The van der Waals surface area contributed by atoms with Crippen LogP contribution in [0, 0.1) is 17.2 Å². The van der Waals surface area contributed by atoms with Gasteiger partial charge in [-0.05, 0) is 18.8 Å². The second-order valence-corrected chi connectivity index (χ2v) is 4.09. The first-order valence-corrected chi connectivity index (χ1v) is 5.38. The van der Waals surface area contributed by atoms with Crippen molar-refractivity contribution >= 4 is 31.8 Å². The molecule has 0 aromatic heterocycles. The van der Waals surface area contributed by atoms with Crippen molar-refractivity contribution in [3.63, 3.8) is 0 Å². The van der Waals surface area contributed by atoms with E-state index in [1.54, 1.807) is 4.90 Å². The fraction of sp³-hybridized carbons (Fsp3) is 0.818. The van der Waals surface area contributed by atoms with E-state index in [1.165, 1.54) is 0 Å². The average Bonchev–Trinajstić information content (AvgIpc) is 2.65. The predicted octanol–water partition coefficient (Wildman–Crippen LogP) is 1.56. The van der Waals surface area contributed by atoms with Gasteiger partial charge in [0.2, 0.25) is 5.91 Å². The van der Waals surface area contributed by atoms with E-state index < -0.39 is 0 Å². The van der Waals surface area contributed by atoms with E-state index in [0.717, 1.165) is 25.8 Å². The van der Waals surface area contributed by atoms with Crippen molar-refractivity contribution < 1.29 is 4.79 Å². The summed E-state index contributed by atoms with van der Waals surface area (Å²) in [5.74, 6) is 0.589. The maximum atomic E-state index is 11.8. The second-order valence-electron chi connectivity index (χ2n) is 4.09. The normalized spacial score (nSPS) is 21.7. The fourth-order valence-corrected chi connectivity index (χ4v) is 1.76. The molecule has 1 fully saturated rings. The number of nitrogens with zero attached hydrogens (tertiary/aromatic N) is 2. The molecule has 1 rings (SSSR count). The van der Waals surface area contributed by atoms with Gasteiger partial charge >= 0.3 is 0 Å². The Bertz CT molecular complexity index is 249. The molecule has 0 spiro atoms. The molecule has 1 aliphatic heterocycles. The van der Waals surface area contributed by atoms with Gasteiger partial charge in [0.05, 0.1) is 6.07 Å². The minimum absolute atomic E-state index is 0. The molecule has 0 bridgehead atoms. The number of hydrogen-bond acceptors (Lipinski definition) is 2. The van der Waals surface area contributed by atoms with Gasteiger partial charge in [-0.2, -0.15) is 5.26 Å². The molecule has 1 heterocycles. The molecule has 0 aromatic carbocycles. The van der Waals surface area contributed by atoms with Gasteiger partial charge in [-0.1, -0.05) is 20.3 Å². The Morgan fingerprint density at radius 3 is 2.87 bits per heavy atom. The van der Waals surface area contributed by atoms with Crippen LogP contribution in [0.15, 0.2) is 0 Å². The van der Waals surface area contributed by atoms with E-state index in [4.69, 9.17) is 5.26 Å². The number of carbonyl (C=O) groups excluding carboxylic acids is 1. The molecular formula is C11H18InN2O. The zero-order chi connectivity index (χ0) is 10.6. The Hall–Kier alpha value is -0.170. The van der Waals surface area contributed by atoms with Gasteiger partial charge in [0, 0.05) is 38.8 Å². The van der Waals surface area contributed by atoms with Gasteiger partial charge in [0.1, 0.15) is 6.04 Å². The minimum Gasteiger partial charge on any atom is -0.327 e. The van der Waals surface area contributed by atoms with E-state index >= 15 is 0 Å². The Balaban J connectivity index is 0.00000196. The van der Waals surface area contributed by atoms with Crippen molar-refractivity contribution in [3.8, 4) is 6.07 Å². The Morgan fingerprint density at radius 2 is 2.33 bits per heavy atom. The summed E-state index contributed by atoms with van der Waals surface area (Å²) in [6, 6.07) is 2.03. The van der Waals surface area contributed by atoms with Crippen LogP contribution in [0.3, 0.4) is 0 Å². The molecule has 3 nitrogen and oxygen atoms in total. The van der Waals surface area contributed by atoms with Crippen LogP contribution in [0.4, 0.5) is 0 Å². The van der Waals surface area contributed by atoms with Crippen molar-refractivity contribution in [1.29, 1.82) is 5.26 Å². The van der Waals surface area contributed by atoms with E-state index in [-0.39, 0.29) is 37.8 Å². The summed E-state index contributed by atoms with van der Waals surface area (Å²) < 4.78 is 0. The van der Waals surface area contributed by atoms with E-state index in [0.29, 0.717) is 12.3 Å². The summed E-state index contributed by atoms with van der Waals surface area (Å²) in [5.41, 5.74) is 0. The SMILES string of the molecule is CCC(C)CC(=O)N1CCC[C@H]1C#N.[In]. The van der Waals surface area contributed by atoms with Gasteiger partial charge in [-0.3, -0.25) is 4.79 Å². The molecule has 81 valence electrons. The van der Waals surface area contributed by atoms with Crippen LogP contribution in [0.25, 0.3) is 0 Å². The van der Waals surface area contributed by atoms with Gasteiger partial charge in [0.15, 0.2) is 0 Å². The van der Waals surface area contributed by atoms with Crippen molar-refractivity contribution in [2.45, 2.75) is 45.6 Å². The Labute approximate surface area is 111 Å². The van der Waals surface area contributed by atoms with Crippen LogP contribution in [-0.2, 0) is 4.79 Å². The van der Waals surface area contributed by atoms with Gasteiger partial charge in [0.25, 0.3) is 0 Å². The van der Waals surface area contributed by atoms with Gasteiger partial charge in [-0.25, -0.2) is 0 Å². The summed E-state index contributed by atoms with van der Waals surface area (Å²) in [6.45, 7) is 4.94. The molecular weight excluding hydrogens is 291 g/mol. The molecule has 0 aromatic rings. The van der Waals surface area contributed by atoms with Crippen molar-refractivity contribution in [3.05, 3.63) is 0 Å². The minimum atomic E-state index is -0.161. The molecule has 0 saturated carbocycles. The van der Waals surface area contributed by atoms with Crippen LogP contribution in [0.5, 0.6) is 0 Å². The first kappa shape index (κ1) is 14.8. The zero-order valence-corrected chi connectivity index (χ0v) is 12.9. The summed E-state index contributed by atoms with van der Waals surface area (Å²) in [4.78, 5) is 13.5. The Kier molecular flexibility index (Phi) is 7.08. The van der Waals surface area contributed by atoms with Crippen LogP contribution >= 0.6 is 0 Å². The third kappa shape index (κ3) is 4.06. The second kappa shape index (κ2) is 7.16. The average molecular weight is 309 g/mol. The van der Waals surface area contributed by atoms with E-state index in [9.17, 15) is 4.79 Å². The quantitative estimate of drug-likeness (QED) is 0.794. The summed E-state index contributed by atoms with van der Waals surface area (Å²) in [5, 5.41) is 8.83. The van der Waals surface area contributed by atoms with Crippen molar-refractivity contribution in [2.24, 2.45) is 5.92 Å². The van der Waals surface area contributed by atoms with Crippen LogP contribution in [-0.4, -0.2) is 49.2 Å². The molecule has 4 heteroatoms. The number of carbonyl (C=O) groups is 1. The number of hydrogen-bond donors (Lipinski definition) is 0. The molecule has 0 N–H and O–H groups in total. The summed E-state index contributed by atoms with van der Waals surface area (Å²) in [6.07, 6.45) is 3.44. The largest absolute Gasteiger partial charge is 0.327 e. The van der Waals surface area contributed by atoms with Crippen LogP contribution in [0.1, 0.15) is 39.5 Å². The number of rotatable bonds is 3. The van der Waals surface area contributed by atoms with Crippen LogP contribution in [0.2, 0.25) is 0 Å². The van der Waals surface area contributed by atoms with Gasteiger partial charge in [-0.15, -0.1) is 0 Å². The number of nitriles is 1.